The molecule has 3 atom stereocenters. The SMILES string of the molecule is C=CC(C)NC(C)C(C)c1ccccc1. The van der Waals surface area contributed by atoms with Crippen molar-refractivity contribution in [3.05, 3.63) is 48.6 Å². The van der Waals surface area contributed by atoms with Crippen LogP contribution in [0.4, 0.5) is 0 Å². The Morgan fingerprint density at radius 1 is 1.13 bits per heavy atom. The van der Waals surface area contributed by atoms with Crippen LogP contribution in [0.2, 0.25) is 0 Å². The first-order chi connectivity index (χ1) is 7.15. The van der Waals surface area contributed by atoms with E-state index in [0.29, 0.717) is 18.0 Å². The van der Waals surface area contributed by atoms with Crippen molar-refractivity contribution in [3.8, 4) is 0 Å². The van der Waals surface area contributed by atoms with Crippen LogP contribution in [0, 0.1) is 0 Å². The average Bonchev–Trinajstić information content (AvgIpc) is 2.29. The topological polar surface area (TPSA) is 12.0 Å². The molecule has 0 saturated carbocycles. The van der Waals surface area contributed by atoms with Crippen molar-refractivity contribution < 1.29 is 0 Å². The predicted molar refractivity (Wildman–Crippen MR) is 67.1 cm³/mol. The number of hydrogen-bond donors (Lipinski definition) is 1. The van der Waals surface area contributed by atoms with E-state index in [2.05, 4.69) is 63.0 Å². The van der Waals surface area contributed by atoms with Gasteiger partial charge in [-0.25, -0.2) is 0 Å². The number of benzene rings is 1. The van der Waals surface area contributed by atoms with Gasteiger partial charge in [0.15, 0.2) is 0 Å². The molecule has 82 valence electrons. The summed E-state index contributed by atoms with van der Waals surface area (Å²) in [6.45, 7) is 10.4. The van der Waals surface area contributed by atoms with Crippen molar-refractivity contribution in [2.24, 2.45) is 0 Å². The molecule has 0 aliphatic rings. The minimum Gasteiger partial charge on any atom is -0.308 e. The second kappa shape index (κ2) is 5.72. The fourth-order valence-electron chi connectivity index (χ4n) is 1.67. The molecule has 1 N–H and O–H groups in total. The molecule has 1 nitrogen and oxygen atoms in total. The third kappa shape index (κ3) is 3.52. The van der Waals surface area contributed by atoms with Gasteiger partial charge in [0.25, 0.3) is 0 Å². The average molecular weight is 203 g/mol. The zero-order valence-corrected chi connectivity index (χ0v) is 9.90. The molecule has 0 aliphatic carbocycles. The molecule has 0 fully saturated rings. The van der Waals surface area contributed by atoms with Crippen LogP contribution in [0.5, 0.6) is 0 Å². The van der Waals surface area contributed by atoms with Crippen LogP contribution in [0.3, 0.4) is 0 Å². The summed E-state index contributed by atoms with van der Waals surface area (Å²) < 4.78 is 0. The Hall–Kier alpha value is -1.08. The van der Waals surface area contributed by atoms with E-state index in [4.69, 9.17) is 0 Å². The Balaban J connectivity index is 2.60. The molecule has 0 saturated heterocycles. The quantitative estimate of drug-likeness (QED) is 0.724. The molecule has 0 heterocycles. The zero-order valence-electron chi connectivity index (χ0n) is 9.90. The lowest BCUT2D eigenvalue weighted by Crippen LogP contribution is -2.36. The molecule has 0 amide bonds. The van der Waals surface area contributed by atoms with Gasteiger partial charge in [0.05, 0.1) is 0 Å². The van der Waals surface area contributed by atoms with E-state index in [9.17, 15) is 0 Å². The highest BCUT2D eigenvalue weighted by Crippen LogP contribution is 2.18. The van der Waals surface area contributed by atoms with E-state index in [-0.39, 0.29) is 0 Å². The summed E-state index contributed by atoms with van der Waals surface area (Å²) in [5.74, 6) is 0.522. The summed E-state index contributed by atoms with van der Waals surface area (Å²) in [7, 11) is 0. The van der Waals surface area contributed by atoms with Crippen molar-refractivity contribution in [2.75, 3.05) is 0 Å². The molecular weight excluding hydrogens is 182 g/mol. The highest BCUT2D eigenvalue weighted by molar-refractivity contribution is 5.20. The van der Waals surface area contributed by atoms with E-state index in [0.717, 1.165) is 0 Å². The molecule has 0 aromatic heterocycles. The Morgan fingerprint density at radius 2 is 1.73 bits per heavy atom. The van der Waals surface area contributed by atoms with Gasteiger partial charge in [0.2, 0.25) is 0 Å². The van der Waals surface area contributed by atoms with Crippen LogP contribution in [-0.4, -0.2) is 12.1 Å². The summed E-state index contributed by atoms with van der Waals surface area (Å²) in [5, 5.41) is 3.51. The lowest BCUT2D eigenvalue weighted by molar-refractivity contribution is 0.459. The van der Waals surface area contributed by atoms with E-state index in [1.165, 1.54) is 5.56 Å². The third-order valence-electron chi connectivity index (χ3n) is 2.95. The summed E-state index contributed by atoms with van der Waals surface area (Å²) >= 11 is 0. The van der Waals surface area contributed by atoms with E-state index in [1.54, 1.807) is 0 Å². The lowest BCUT2D eigenvalue weighted by atomic mass is 9.94. The van der Waals surface area contributed by atoms with Gasteiger partial charge >= 0.3 is 0 Å². The normalized spacial score (nSPS) is 16.7. The lowest BCUT2D eigenvalue weighted by Gasteiger charge is -2.24. The Bertz CT molecular complexity index is 291. The van der Waals surface area contributed by atoms with Gasteiger partial charge in [-0.15, -0.1) is 6.58 Å². The van der Waals surface area contributed by atoms with Gasteiger partial charge in [0, 0.05) is 12.1 Å². The first-order valence-corrected chi connectivity index (χ1v) is 5.58. The smallest absolute Gasteiger partial charge is 0.0221 e. The fraction of sp³-hybridized carbons (Fsp3) is 0.429. The van der Waals surface area contributed by atoms with E-state index in [1.807, 2.05) is 6.08 Å². The van der Waals surface area contributed by atoms with Crippen molar-refractivity contribution in [1.82, 2.24) is 5.32 Å². The van der Waals surface area contributed by atoms with Crippen LogP contribution in [0.1, 0.15) is 32.3 Å². The molecule has 3 unspecified atom stereocenters. The Morgan fingerprint density at radius 3 is 2.27 bits per heavy atom. The second-order valence-electron chi connectivity index (χ2n) is 4.18. The largest absolute Gasteiger partial charge is 0.308 e. The zero-order chi connectivity index (χ0) is 11.3. The standard InChI is InChI=1S/C14H21N/c1-5-11(2)15-13(4)12(3)14-9-7-6-8-10-14/h5-13,15H,1H2,2-4H3. The van der Waals surface area contributed by atoms with Gasteiger partial charge in [-0.2, -0.15) is 0 Å². The summed E-state index contributed by atoms with van der Waals surface area (Å²) in [6.07, 6.45) is 1.94. The van der Waals surface area contributed by atoms with Gasteiger partial charge in [-0.3, -0.25) is 0 Å². The van der Waals surface area contributed by atoms with Gasteiger partial charge in [-0.05, 0) is 25.3 Å². The summed E-state index contributed by atoms with van der Waals surface area (Å²) in [4.78, 5) is 0. The van der Waals surface area contributed by atoms with Crippen LogP contribution >= 0.6 is 0 Å². The summed E-state index contributed by atoms with van der Waals surface area (Å²) in [6, 6.07) is 11.4. The first kappa shape index (κ1) is 12.0. The highest BCUT2D eigenvalue weighted by Gasteiger charge is 2.14. The van der Waals surface area contributed by atoms with E-state index < -0.39 is 0 Å². The third-order valence-corrected chi connectivity index (χ3v) is 2.95. The maximum atomic E-state index is 3.78. The van der Waals surface area contributed by atoms with Crippen molar-refractivity contribution in [3.63, 3.8) is 0 Å². The molecular formula is C14H21N. The van der Waals surface area contributed by atoms with Crippen molar-refractivity contribution in [2.45, 2.75) is 38.8 Å². The van der Waals surface area contributed by atoms with Crippen LogP contribution in [0.15, 0.2) is 43.0 Å². The molecule has 0 bridgehead atoms. The Kier molecular flexibility index (Phi) is 4.57. The van der Waals surface area contributed by atoms with Gasteiger partial charge < -0.3 is 5.32 Å². The highest BCUT2D eigenvalue weighted by atomic mass is 14.9. The number of hydrogen-bond acceptors (Lipinski definition) is 1. The van der Waals surface area contributed by atoms with Crippen LogP contribution in [0.25, 0.3) is 0 Å². The second-order valence-corrected chi connectivity index (χ2v) is 4.18. The monoisotopic (exact) mass is 203 g/mol. The molecule has 1 aromatic carbocycles. The maximum absolute atomic E-state index is 3.78. The fourth-order valence-corrected chi connectivity index (χ4v) is 1.67. The molecule has 1 rings (SSSR count). The van der Waals surface area contributed by atoms with Crippen LogP contribution in [-0.2, 0) is 0 Å². The van der Waals surface area contributed by atoms with E-state index >= 15 is 0 Å². The Labute approximate surface area is 93.2 Å². The van der Waals surface area contributed by atoms with Crippen LogP contribution < -0.4 is 5.32 Å². The molecule has 0 radical (unpaired) electrons. The minimum atomic E-state index is 0.367. The molecule has 0 spiro atoms. The molecule has 0 aliphatic heterocycles. The molecule has 1 heteroatoms. The van der Waals surface area contributed by atoms with Gasteiger partial charge in [0.1, 0.15) is 0 Å². The van der Waals surface area contributed by atoms with Crippen molar-refractivity contribution in [1.29, 1.82) is 0 Å². The van der Waals surface area contributed by atoms with Gasteiger partial charge in [-0.1, -0.05) is 43.3 Å². The summed E-state index contributed by atoms with van der Waals surface area (Å²) in [5.41, 5.74) is 1.38. The molecule has 15 heavy (non-hydrogen) atoms. The van der Waals surface area contributed by atoms with Crippen molar-refractivity contribution >= 4 is 0 Å². The number of rotatable bonds is 5. The molecule has 1 aromatic rings. The first-order valence-electron chi connectivity index (χ1n) is 5.58. The minimum absolute atomic E-state index is 0.367. The maximum Gasteiger partial charge on any atom is 0.0221 e. The predicted octanol–water partition coefficient (Wildman–Crippen LogP) is 3.34. The number of nitrogens with one attached hydrogen (secondary N) is 1.